The monoisotopic (exact) mass is 368 g/mol. The summed E-state index contributed by atoms with van der Waals surface area (Å²) in [6.45, 7) is 0. The molecule has 94 valence electrons. The van der Waals surface area contributed by atoms with Gasteiger partial charge in [-0.05, 0) is 0 Å². The molecule has 0 N–H and O–H groups in total. The summed E-state index contributed by atoms with van der Waals surface area (Å²) in [6, 6.07) is 21.6. The fourth-order valence-corrected chi connectivity index (χ4v) is 5.10. The van der Waals surface area contributed by atoms with Crippen LogP contribution < -0.4 is 4.46 Å². The van der Waals surface area contributed by atoms with E-state index >= 15 is 0 Å². The molecule has 0 radical (unpaired) electrons. The summed E-state index contributed by atoms with van der Waals surface area (Å²) in [7, 11) is 0. The van der Waals surface area contributed by atoms with Crippen LogP contribution in [0.2, 0.25) is 5.32 Å². The van der Waals surface area contributed by atoms with Crippen LogP contribution in [0.25, 0.3) is 0 Å². The molecule has 0 nitrogen and oxygen atoms in total. The summed E-state index contributed by atoms with van der Waals surface area (Å²) in [5.41, 5.74) is 1.45. The Morgan fingerprint density at radius 1 is 0.889 bits per heavy atom. The third-order valence-corrected chi connectivity index (χ3v) is 6.34. The molecule has 0 aliphatic rings. The number of benzene rings is 2. The number of rotatable bonds is 6. The second-order valence-electron chi connectivity index (χ2n) is 4.33. The van der Waals surface area contributed by atoms with Gasteiger partial charge in [-0.15, -0.1) is 0 Å². The molecule has 1 unspecified atom stereocenters. The predicted octanol–water partition coefficient (Wildman–Crippen LogP) is 3.69. The molecule has 0 fully saturated rings. The van der Waals surface area contributed by atoms with E-state index in [4.69, 9.17) is 0 Å². The van der Waals surface area contributed by atoms with Gasteiger partial charge in [0.2, 0.25) is 0 Å². The first-order valence-electron chi connectivity index (χ1n) is 6.16. The molecule has 2 rings (SSSR count). The first-order valence-corrected chi connectivity index (χ1v) is 9.35. The zero-order valence-corrected chi connectivity index (χ0v) is 13.6. The van der Waals surface area contributed by atoms with Gasteiger partial charge in [0.05, 0.1) is 0 Å². The number of alkyl halides is 1. The molecular formula is C16H17BrSe. The minimum atomic E-state index is 0.592. The van der Waals surface area contributed by atoms with Crippen molar-refractivity contribution in [1.82, 2.24) is 0 Å². The van der Waals surface area contributed by atoms with Crippen molar-refractivity contribution >= 4 is 35.3 Å². The van der Waals surface area contributed by atoms with Crippen LogP contribution >= 0.6 is 15.9 Å². The van der Waals surface area contributed by atoms with Crippen molar-refractivity contribution in [3.63, 3.8) is 0 Å². The van der Waals surface area contributed by atoms with E-state index in [9.17, 15) is 0 Å². The molecule has 0 saturated heterocycles. The van der Waals surface area contributed by atoms with Gasteiger partial charge < -0.3 is 0 Å². The van der Waals surface area contributed by atoms with E-state index in [0.717, 1.165) is 11.2 Å². The fraction of sp³-hybridized carbons (Fsp3) is 0.250. The summed E-state index contributed by atoms with van der Waals surface area (Å²) in [4.78, 5) is 0. The Morgan fingerprint density at radius 2 is 1.50 bits per heavy atom. The van der Waals surface area contributed by atoms with Crippen LogP contribution in [0.4, 0.5) is 0 Å². The van der Waals surface area contributed by atoms with Gasteiger partial charge in [-0.25, -0.2) is 0 Å². The first kappa shape index (κ1) is 13.9. The summed E-state index contributed by atoms with van der Waals surface area (Å²) in [5.74, 6) is 0.743. The van der Waals surface area contributed by atoms with Crippen LogP contribution in [-0.2, 0) is 6.42 Å². The Morgan fingerprint density at radius 3 is 2.11 bits per heavy atom. The Balaban J connectivity index is 1.86. The fourth-order valence-electron chi connectivity index (χ4n) is 1.84. The molecule has 2 aromatic rings. The van der Waals surface area contributed by atoms with E-state index in [1.165, 1.54) is 21.8 Å². The van der Waals surface area contributed by atoms with Crippen LogP contribution in [0.1, 0.15) is 5.56 Å². The Hall–Kier alpha value is -0.561. The average Bonchev–Trinajstić information content (AvgIpc) is 2.45. The minimum absolute atomic E-state index is 0.592. The summed E-state index contributed by atoms with van der Waals surface area (Å²) >= 11 is 4.25. The van der Waals surface area contributed by atoms with Gasteiger partial charge >= 0.3 is 125 Å². The SMILES string of the molecule is BrCC(C[Se]c1ccccc1)Cc1ccccc1. The Kier molecular flexibility index (Phi) is 5.99. The van der Waals surface area contributed by atoms with Crippen molar-refractivity contribution in [3.8, 4) is 0 Å². The maximum absolute atomic E-state index is 3.66. The van der Waals surface area contributed by atoms with Crippen molar-refractivity contribution in [3.05, 3.63) is 66.2 Å². The molecular weight excluding hydrogens is 351 g/mol. The molecule has 18 heavy (non-hydrogen) atoms. The molecule has 2 aromatic carbocycles. The molecule has 0 heterocycles. The van der Waals surface area contributed by atoms with E-state index in [1.807, 2.05) is 0 Å². The van der Waals surface area contributed by atoms with Gasteiger partial charge in [-0.3, -0.25) is 0 Å². The van der Waals surface area contributed by atoms with Gasteiger partial charge in [0, 0.05) is 0 Å². The van der Waals surface area contributed by atoms with Crippen LogP contribution in [0.15, 0.2) is 60.7 Å². The molecule has 0 aliphatic heterocycles. The molecule has 0 saturated carbocycles. The van der Waals surface area contributed by atoms with Crippen molar-refractivity contribution in [2.24, 2.45) is 5.92 Å². The average molecular weight is 368 g/mol. The maximum atomic E-state index is 3.66. The normalized spacial score (nSPS) is 12.3. The zero-order valence-electron chi connectivity index (χ0n) is 10.3. The number of hydrogen-bond donors (Lipinski definition) is 0. The molecule has 2 heteroatoms. The Bertz CT molecular complexity index is 441. The van der Waals surface area contributed by atoms with Gasteiger partial charge in [0.1, 0.15) is 0 Å². The standard InChI is InChI=1S/C16H17BrSe/c17-12-15(11-14-7-3-1-4-8-14)13-18-16-9-5-2-6-10-16/h1-10,15H,11-13H2. The van der Waals surface area contributed by atoms with Crippen LogP contribution in [0.5, 0.6) is 0 Å². The van der Waals surface area contributed by atoms with Crippen LogP contribution in [0.3, 0.4) is 0 Å². The summed E-state index contributed by atoms with van der Waals surface area (Å²) < 4.78 is 1.50. The summed E-state index contributed by atoms with van der Waals surface area (Å²) in [5, 5.41) is 2.40. The second-order valence-corrected chi connectivity index (χ2v) is 7.28. The topological polar surface area (TPSA) is 0 Å². The number of halogens is 1. The van der Waals surface area contributed by atoms with Crippen molar-refractivity contribution in [2.75, 3.05) is 5.33 Å². The zero-order chi connectivity index (χ0) is 12.6. The van der Waals surface area contributed by atoms with Gasteiger partial charge in [-0.1, -0.05) is 0 Å². The quantitative estimate of drug-likeness (QED) is 0.539. The predicted molar refractivity (Wildman–Crippen MR) is 84.1 cm³/mol. The van der Waals surface area contributed by atoms with E-state index in [-0.39, 0.29) is 0 Å². The van der Waals surface area contributed by atoms with Crippen LogP contribution in [0, 0.1) is 5.92 Å². The van der Waals surface area contributed by atoms with E-state index in [2.05, 4.69) is 76.6 Å². The molecule has 0 aliphatic carbocycles. The molecule has 0 amide bonds. The third kappa shape index (κ3) is 4.61. The number of hydrogen-bond acceptors (Lipinski definition) is 0. The van der Waals surface area contributed by atoms with Crippen molar-refractivity contribution < 1.29 is 0 Å². The van der Waals surface area contributed by atoms with Gasteiger partial charge in [-0.2, -0.15) is 0 Å². The van der Waals surface area contributed by atoms with Crippen molar-refractivity contribution in [2.45, 2.75) is 11.7 Å². The van der Waals surface area contributed by atoms with Gasteiger partial charge in [0.15, 0.2) is 0 Å². The van der Waals surface area contributed by atoms with E-state index < -0.39 is 0 Å². The van der Waals surface area contributed by atoms with Crippen LogP contribution in [-0.4, -0.2) is 20.3 Å². The molecule has 0 spiro atoms. The van der Waals surface area contributed by atoms with E-state index in [1.54, 1.807) is 0 Å². The molecule has 1 atom stereocenters. The first-order chi connectivity index (χ1) is 8.88. The van der Waals surface area contributed by atoms with E-state index in [0.29, 0.717) is 15.0 Å². The molecule has 0 bridgehead atoms. The van der Waals surface area contributed by atoms with Gasteiger partial charge in [0.25, 0.3) is 0 Å². The second kappa shape index (κ2) is 7.78. The summed E-state index contributed by atoms with van der Waals surface area (Å²) in [6.07, 6.45) is 1.18. The third-order valence-electron chi connectivity index (χ3n) is 2.81. The Labute approximate surface area is 124 Å². The van der Waals surface area contributed by atoms with Crippen molar-refractivity contribution in [1.29, 1.82) is 0 Å². The molecule has 0 aromatic heterocycles.